The number of amides is 2. The Morgan fingerprint density at radius 2 is 1.94 bits per heavy atom. The first-order chi connectivity index (χ1) is 7.22. The van der Waals surface area contributed by atoms with Crippen molar-refractivity contribution in [3.05, 3.63) is 29.3 Å². The van der Waals surface area contributed by atoms with Gasteiger partial charge in [-0.05, 0) is 37.2 Å². The summed E-state index contributed by atoms with van der Waals surface area (Å²) in [7, 11) is 0. The molecule has 0 aliphatic carbocycles. The second-order valence-electron chi connectivity index (χ2n) is 3.03. The molecule has 0 aromatic heterocycles. The zero-order valence-electron chi connectivity index (χ0n) is 8.70. The van der Waals surface area contributed by atoms with E-state index in [1.807, 2.05) is 0 Å². The largest absolute Gasteiger partial charge is 0.338 e. The molecule has 2 amide bonds. The molecule has 0 atom stereocenters. The first-order valence-corrected chi connectivity index (χ1v) is 5.10. The van der Waals surface area contributed by atoms with Crippen LogP contribution in [0.3, 0.4) is 0 Å². The van der Waals surface area contributed by atoms with Crippen LogP contribution in [-0.2, 0) is 0 Å². The summed E-state index contributed by atoms with van der Waals surface area (Å²) < 4.78 is 0. The highest BCUT2D eigenvalue weighted by Crippen LogP contribution is 2.12. The minimum Gasteiger partial charge on any atom is -0.338 e. The van der Waals surface area contributed by atoms with Gasteiger partial charge in [-0.1, -0.05) is 11.6 Å². The highest BCUT2D eigenvalue weighted by Gasteiger charge is 1.99. The summed E-state index contributed by atoms with van der Waals surface area (Å²) in [6, 6.07) is 6.69. The Hall–Kier alpha value is -0.970. The summed E-state index contributed by atoms with van der Waals surface area (Å²) in [4.78, 5) is 11.3. The number of benzene rings is 1. The third-order valence-electron chi connectivity index (χ3n) is 1.77. The maximum absolute atomic E-state index is 11.3. The minimum atomic E-state index is -0.231. The van der Waals surface area contributed by atoms with Gasteiger partial charge in [-0.15, -0.1) is 12.4 Å². The van der Waals surface area contributed by atoms with Crippen LogP contribution in [0.2, 0.25) is 5.02 Å². The standard InChI is InChI=1S/C10H14ClN3O.ClH/c11-8-2-4-9(5-3-8)14-10(15)13-7-1-6-12;/h2-5H,1,6-7,12H2,(H2,13,14,15);1H. The van der Waals surface area contributed by atoms with Gasteiger partial charge < -0.3 is 16.4 Å². The third-order valence-corrected chi connectivity index (χ3v) is 2.02. The number of urea groups is 1. The van der Waals surface area contributed by atoms with Gasteiger partial charge in [0.2, 0.25) is 0 Å². The number of carbonyl (C=O) groups is 1. The van der Waals surface area contributed by atoms with E-state index in [0.717, 1.165) is 6.42 Å². The Bertz CT molecular complexity index is 316. The van der Waals surface area contributed by atoms with Gasteiger partial charge in [0.1, 0.15) is 0 Å². The van der Waals surface area contributed by atoms with Crippen LogP contribution in [0.4, 0.5) is 10.5 Å². The van der Waals surface area contributed by atoms with E-state index in [4.69, 9.17) is 17.3 Å². The summed E-state index contributed by atoms with van der Waals surface area (Å²) in [6.45, 7) is 1.15. The topological polar surface area (TPSA) is 67.1 Å². The quantitative estimate of drug-likeness (QED) is 0.730. The lowest BCUT2D eigenvalue weighted by atomic mass is 10.3. The third kappa shape index (κ3) is 5.80. The fraction of sp³-hybridized carbons (Fsp3) is 0.300. The molecule has 0 heterocycles. The van der Waals surface area contributed by atoms with Crippen molar-refractivity contribution in [1.29, 1.82) is 0 Å². The summed E-state index contributed by atoms with van der Waals surface area (Å²) in [5, 5.41) is 6.00. The molecule has 16 heavy (non-hydrogen) atoms. The zero-order valence-corrected chi connectivity index (χ0v) is 10.3. The van der Waals surface area contributed by atoms with Crippen molar-refractivity contribution < 1.29 is 4.79 Å². The van der Waals surface area contributed by atoms with Gasteiger partial charge >= 0.3 is 6.03 Å². The molecule has 6 heteroatoms. The molecule has 1 aromatic rings. The van der Waals surface area contributed by atoms with Crippen LogP contribution in [0.1, 0.15) is 6.42 Å². The molecule has 90 valence electrons. The first kappa shape index (κ1) is 15.0. The molecule has 0 bridgehead atoms. The number of anilines is 1. The number of halogens is 2. The molecular weight excluding hydrogens is 249 g/mol. The van der Waals surface area contributed by atoms with Crippen LogP contribution in [0.25, 0.3) is 0 Å². The van der Waals surface area contributed by atoms with Gasteiger partial charge in [-0.3, -0.25) is 0 Å². The monoisotopic (exact) mass is 263 g/mol. The van der Waals surface area contributed by atoms with Crippen molar-refractivity contribution in [1.82, 2.24) is 5.32 Å². The number of nitrogens with two attached hydrogens (primary N) is 1. The van der Waals surface area contributed by atoms with Crippen LogP contribution in [0, 0.1) is 0 Å². The van der Waals surface area contributed by atoms with Crippen molar-refractivity contribution in [2.75, 3.05) is 18.4 Å². The summed E-state index contributed by atoms with van der Waals surface area (Å²) in [5.74, 6) is 0. The van der Waals surface area contributed by atoms with E-state index >= 15 is 0 Å². The van der Waals surface area contributed by atoms with E-state index in [2.05, 4.69) is 10.6 Å². The summed E-state index contributed by atoms with van der Waals surface area (Å²) >= 11 is 5.71. The van der Waals surface area contributed by atoms with Gasteiger partial charge in [-0.2, -0.15) is 0 Å². The Morgan fingerprint density at radius 1 is 1.31 bits per heavy atom. The molecule has 0 spiro atoms. The molecule has 0 aliphatic rings. The van der Waals surface area contributed by atoms with Gasteiger partial charge in [0, 0.05) is 17.3 Å². The smallest absolute Gasteiger partial charge is 0.319 e. The Morgan fingerprint density at radius 3 is 2.50 bits per heavy atom. The van der Waals surface area contributed by atoms with E-state index in [0.29, 0.717) is 23.8 Å². The van der Waals surface area contributed by atoms with Gasteiger partial charge in [-0.25, -0.2) is 4.79 Å². The Labute approximate surface area is 106 Å². The van der Waals surface area contributed by atoms with Crippen LogP contribution < -0.4 is 16.4 Å². The predicted molar refractivity (Wildman–Crippen MR) is 69.4 cm³/mol. The number of nitrogens with one attached hydrogen (secondary N) is 2. The molecule has 0 fully saturated rings. The van der Waals surface area contributed by atoms with Crippen LogP contribution in [-0.4, -0.2) is 19.1 Å². The second kappa shape index (κ2) is 8.21. The molecule has 1 rings (SSSR count). The Kier molecular flexibility index (Phi) is 7.72. The van der Waals surface area contributed by atoms with E-state index in [1.54, 1.807) is 24.3 Å². The molecule has 0 radical (unpaired) electrons. The predicted octanol–water partition coefficient (Wildman–Crippen LogP) is 2.23. The van der Waals surface area contributed by atoms with Crippen molar-refractivity contribution in [3.8, 4) is 0 Å². The molecule has 0 unspecified atom stereocenters. The van der Waals surface area contributed by atoms with Crippen molar-refractivity contribution in [3.63, 3.8) is 0 Å². The van der Waals surface area contributed by atoms with Gasteiger partial charge in [0.25, 0.3) is 0 Å². The lowest BCUT2D eigenvalue weighted by Gasteiger charge is -2.06. The highest BCUT2D eigenvalue weighted by molar-refractivity contribution is 6.30. The van der Waals surface area contributed by atoms with E-state index in [9.17, 15) is 4.79 Å². The SMILES string of the molecule is Cl.NCCCNC(=O)Nc1ccc(Cl)cc1. The molecule has 0 saturated heterocycles. The molecule has 4 nitrogen and oxygen atoms in total. The van der Waals surface area contributed by atoms with Gasteiger partial charge in [0.05, 0.1) is 0 Å². The van der Waals surface area contributed by atoms with Crippen LogP contribution in [0.5, 0.6) is 0 Å². The van der Waals surface area contributed by atoms with Crippen molar-refractivity contribution >= 4 is 35.7 Å². The molecule has 4 N–H and O–H groups in total. The fourth-order valence-electron chi connectivity index (χ4n) is 1.01. The highest BCUT2D eigenvalue weighted by atomic mass is 35.5. The molecule has 1 aromatic carbocycles. The van der Waals surface area contributed by atoms with Crippen molar-refractivity contribution in [2.45, 2.75) is 6.42 Å². The van der Waals surface area contributed by atoms with Crippen LogP contribution >= 0.6 is 24.0 Å². The summed E-state index contributed by atoms with van der Waals surface area (Å²) in [5.41, 5.74) is 6.01. The number of hydrogen-bond donors (Lipinski definition) is 3. The zero-order chi connectivity index (χ0) is 11.1. The maximum atomic E-state index is 11.3. The van der Waals surface area contributed by atoms with Crippen LogP contribution in [0.15, 0.2) is 24.3 Å². The minimum absolute atomic E-state index is 0. The second-order valence-corrected chi connectivity index (χ2v) is 3.47. The van der Waals surface area contributed by atoms with Crippen molar-refractivity contribution in [2.24, 2.45) is 5.73 Å². The van der Waals surface area contributed by atoms with E-state index in [-0.39, 0.29) is 18.4 Å². The number of hydrogen-bond acceptors (Lipinski definition) is 2. The molecule has 0 aliphatic heterocycles. The molecular formula is C10H15Cl2N3O. The summed E-state index contributed by atoms with van der Waals surface area (Å²) in [6.07, 6.45) is 0.772. The normalized spacial score (nSPS) is 9.12. The number of carbonyl (C=O) groups excluding carboxylic acids is 1. The van der Waals surface area contributed by atoms with E-state index in [1.165, 1.54) is 0 Å². The average Bonchev–Trinajstić information content (AvgIpc) is 2.22. The number of rotatable bonds is 4. The fourth-order valence-corrected chi connectivity index (χ4v) is 1.14. The van der Waals surface area contributed by atoms with E-state index < -0.39 is 0 Å². The Balaban J connectivity index is 0.00000225. The first-order valence-electron chi connectivity index (χ1n) is 4.73. The maximum Gasteiger partial charge on any atom is 0.319 e. The lowest BCUT2D eigenvalue weighted by molar-refractivity contribution is 0.252. The lowest BCUT2D eigenvalue weighted by Crippen LogP contribution is -2.30. The average molecular weight is 264 g/mol. The van der Waals surface area contributed by atoms with Gasteiger partial charge in [0.15, 0.2) is 0 Å². The molecule has 0 saturated carbocycles.